The maximum absolute atomic E-state index is 13.1. The van der Waals surface area contributed by atoms with Crippen molar-refractivity contribution in [3.63, 3.8) is 0 Å². The molecular formula is C25H19F2N3O3S. The van der Waals surface area contributed by atoms with Crippen molar-refractivity contribution < 1.29 is 23.0 Å². The quantitative estimate of drug-likeness (QED) is 0.142. The highest BCUT2D eigenvalue weighted by Gasteiger charge is 2.13. The van der Waals surface area contributed by atoms with Crippen LogP contribution in [-0.4, -0.2) is 23.8 Å². The highest BCUT2D eigenvalue weighted by molar-refractivity contribution is 7.14. The van der Waals surface area contributed by atoms with Crippen molar-refractivity contribution in [2.24, 2.45) is 5.10 Å². The molecule has 172 valence electrons. The van der Waals surface area contributed by atoms with Crippen molar-refractivity contribution in [3.05, 3.63) is 94.9 Å². The van der Waals surface area contributed by atoms with E-state index in [1.807, 2.05) is 12.3 Å². The van der Waals surface area contributed by atoms with E-state index in [1.54, 1.807) is 36.5 Å². The third kappa shape index (κ3) is 5.81. The molecule has 3 aromatic carbocycles. The number of benzene rings is 3. The summed E-state index contributed by atoms with van der Waals surface area (Å²) in [5.41, 5.74) is 5.31. The topological polar surface area (TPSA) is 72.8 Å². The van der Waals surface area contributed by atoms with Gasteiger partial charge in [-0.15, -0.1) is 11.3 Å². The van der Waals surface area contributed by atoms with Gasteiger partial charge in [-0.3, -0.25) is 5.43 Å². The number of nitrogens with one attached hydrogen (secondary N) is 1. The molecule has 1 N–H and O–H groups in total. The van der Waals surface area contributed by atoms with Crippen LogP contribution in [0.2, 0.25) is 0 Å². The summed E-state index contributed by atoms with van der Waals surface area (Å²) in [5, 5.41) is 6.62. The number of anilines is 1. The number of hydrogen-bond acceptors (Lipinski definition) is 7. The van der Waals surface area contributed by atoms with Gasteiger partial charge in [0.05, 0.1) is 24.1 Å². The zero-order valence-electron chi connectivity index (χ0n) is 18.0. The summed E-state index contributed by atoms with van der Waals surface area (Å²) in [6.07, 6.45) is 1.58. The first kappa shape index (κ1) is 23.1. The lowest BCUT2D eigenvalue weighted by Gasteiger charge is -2.11. The van der Waals surface area contributed by atoms with Gasteiger partial charge in [0.15, 0.2) is 11.5 Å². The standard InChI is InChI=1S/C25H19F2N3O3S/c1-2-32-23-13-16(3-12-22(23)33-24(31)18-6-10-20(27)11-7-18)14-28-30-25-29-21(15-34-25)17-4-8-19(26)9-5-17/h3-15H,2H2,1H3,(H,29,30)/b28-14-. The Labute approximate surface area is 198 Å². The maximum atomic E-state index is 13.1. The van der Waals surface area contributed by atoms with Crippen molar-refractivity contribution >= 4 is 28.7 Å². The second-order valence-corrected chi connectivity index (χ2v) is 7.81. The zero-order chi connectivity index (χ0) is 23.9. The van der Waals surface area contributed by atoms with Gasteiger partial charge < -0.3 is 9.47 Å². The number of carbonyl (C=O) groups excluding carboxylic acids is 1. The molecule has 0 aliphatic rings. The molecular weight excluding hydrogens is 460 g/mol. The average Bonchev–Trinajstić information content (AvgIpc) is 3.30. The molecule has 9 heteroatoms. The molecule has 0 saturated heterocycles. The number of halogens is 2. The van der Waals surface area contributed by atoms with E-state index in [1.165, 1.54) is 47.7 Å². The Balaban J connectivity index is 1.43. The summed E-state index contributed by atoms with van der Waals surface area (Å²) in [6, 6.07) is 16.2. The van der Waals surface area contributed by atoms with Crippen molar-refractivity contribution in [1.29, 1.82) is 0 Å². The minimum atomic E-state index is -0.621. The van der Waals surface area contributed by atoms with Crippen LogP contribution in [0.1, 0.15) is 22.8 Å². The number of nitrogens with zero attached hydrogens (tertiary/aromatic N) is 2. The van der Waals surface area contributed by atoms with Gasteiger partial charge in [0.2, 0.25) is 5.13 Å². The van der Waals surface area contributed by atoms with Crippen molar-refractivity contribution in [2.75, 3.05) is 12.0 Å². The minimum Gasteiger partial charge on any atom is -0.490 e. The van der Waals surface area contributed by atoms with Gasteiger partial charge in [-0.05, 0) is 79.2 Å². The molecule has 0 saturated carbocycles. The fourth-order valence-corrected chi connectivity index (χ4v) is 3.61. The number of aromatic nitrogens is 1. The Morgan fingerprint density at radius 3 is 2.44 bits per heavy atom. The summed E-state index contributed by atoms with van der Waals surface area (Å²) in [6.45, 7) is 2.18. The Morgan fingerprint density at radius 2 is 1.74 bits per heavy atom. The molecule has 4 rings (SSSR count). The molecule has 0 aliphatic carbocycles. The van der Waals surface area contributed by atoms with E-state index in [2.05, 4.69) is 15.5 Å². The Hall–Kier alpha value is -4.11. The van der Waals surface area contributed by atoms with Crippen LogP contribution in [0.15, 0.2) is 77.2 Å². The first-order chi connectivity index (χ1) is 16.5. The molecule has 0 bridgehead atoms. The molecule has 6 nitrogen and oxygen atoms in total. The van der Waals surface area contributed by atoms with Crippen LogP contribution in [0, 0.1) is 11.6 Å². The van der Waals surface area contributed by atoms with Crippen molar-refractivity contribution in [3.8, 4) is 22.8 Å². The number of thiazole rings is 1. The number of rotatable bonds is 8. The number of ether oxygens (including phenoxy) is 2. The predicted octanol–water partition coefficient (Wildman–Crippen LogP) is 6.15. The van der Waals surface area contributed by atoms with Crippen LogP contribution in [0.5, 0.6) is 11.5 Å². The van der Waals surface area contributed by atoms with Crippen LogP contribution in [-0.2, 0) is 0 Å². The van der Waals surface area contributed by atoms with Crippen LogP contribution >= 0.6 is 11.3 Å². The first-order valence-electron chi connectivity index (χ1n) is 10.3. The van der Waals surface area contributed by atoms with Gasteiger partial charge in [0.1, 0.15) is 11.6 Å². The number of hydrazone groups is 1. The fraction of sp³-hybridized carbons (Fsp3) is 0.0800. The van der Waals surface area contributed by atoms with Crippen LogP contribution in [0.25, 0.3) is 11.3 Å². The molecule has 34 heavy (non-hydrogen) atoms. The lowest BCUT2D eigenvalue weighted by molar-refractivity contribution is 0.0728. The fourth-order valence-electron chi connectivity index (χ4n) is 2.94. The molecule has 0 spiro atoms. The lowest BCUT2D eigenvalue weighted by atomic mass is 10.2. The molecule has 1 aromatic heterocycles. The second-order valence-electron chi connectivity index (χ2n) is 6.95. The predicted molar refractivity (Wildman–Crippen MR) is 128 cm³/mol. The smallest absolute Gasteiger partial charge is 0.343 e. The minimum absolute atomic E-state index is 0.224. The molecule has 0 aliphatic heterocycles. The summed E-state index contributed by atoms with van der Waals surface area (Å²) < 4.78 is 37.2. The third-order valence-electron chi connectivity index (χ3n) is 4.57. The van der Waals surface area contributed by atoms with Gasteiger partial charge >= 0.3 is 5.97 Å². The molecule has 0 unspecified atom stereocenters. The highest BCUT2D eigenvalue weighted by atomic mass is 32.1. The Morgan fingerprint density at radius 1 is 1.03 bits per heavy atom. The highest BCUT2D eigenvalue weighted by Crippen LogP contribution is 2.29. The zero-order valence-corrected chi connectivity index (χ0v) is 18.8. The van der Waals surface area contributed by atoms with Gasteiger partial charge in [-0.2, -0.15) is 5.10 Å². The summed E-state index contributed by atoms with van der Waals surface area (Å²) in [7, 11) is 0. The monoisotopic (exact) mass is 479 g/mol. The number of hydrogen-bond donors (Lipinski definition) is 1. The van der Waals surface area contributed by atoms with Crippen molar-refractivity contribution in [1.82, 2.24) is 4.98 Å². The first-order valence-corrected chi connectivity index (χ1v) is 11.1. The average molecular weight is 480 g/mol. The largest absolute Gasteiger partial charge is 0.490 e. The Bertz CT molecular complexity index is 1310. The van der Waals surface area contributed by atoms with E-state index in [4.69, 9.17) is 9.47 Å². The van der Waals surface area contributed by atoms with E-state index in [9.17, 15) is 13.6 Å². The molecule has 0 amide bonds. The summed E-state index contributed by atoms with van der Waals surface area (Å²) in [5.74, 6) is -0.748. The molecule has 4 aromatic rings. The van der Waals surface area contributed by atoms with Gasteiger partial charge in [0.25, 0.3) is 0 Å². The van der Waals surface area contributed by atoms with Crippen molar-refractivity contribution in [2.45, 2.75) is 6.92 Å². The van der Waals surface area contributed by atoms with Crippen LogP contribution < -0.4 is 14.9 Å². The SMILES string of the molecule is CCOc1cc(/C=N\Nc2nc(-c3ccc(F)cc3)cs2)ccc1OC(=O)c1ccc(F)cc1. The van der Waals surface area contributed by atoms with E-state index >= 15 is 0 Å². The molecule has 0 atom stereocenters. The van der Waals surface area contributed by atoms with E-state index in [0.29, 0.717) is 28.7 Å². The normalized spacial score (nSPS) is 10.9. The summed E-state index contributed by atoms with van der Waals surface area (Å²) >= 11 is 1.37. The maximum Gasteiger partial charge on any atom is 0.343 e. The number of carbonyl (C=O) groups is 1. The van der Waals surface area contributed by atoms with Gasteiger partial charge in [0, 0.05) is 10.9 Å². The molecule has 1 heterocycles. The number of esters is 1. The van der Waals surface area contributed by atoms with Crippen LogP contribution in [0.4, 0.5) is 13.9 Å². The second kappa shape index (κ2) is 10.7. The summed E-state index contributed by atoms with van der Waals surface area (Å²) in [4.78, 5) is 16.8. The van der Waals surface area contributed by atoms with Gasteiger partial charge in [-0.1, -0.05) is 0 Å². The third-order valence-corrected chi connectivity index (χ3v) is 5.32. The lowest BCUT2D eigenvalue weighted by Crippen LogP contribution is -2.10. The van der Waals surface area contributed by atoms with Gasteiger partial charge in [-0.25, -0.2) is 18.6 Å². The van der Waals surface area contributed by atoms with E-state index in [-0.39, 0.29) is 17.1 Å². The van der Waals surface area contributed by atoms with E-state index in [0.717, 1.165) is 5.56 Å². The Kier molecular flexibility index (Phi) is 7.24. The molecule has 0 fully saturated rings. The van der Waals surface area contributed by atoms with E-state index < -0.39 is 11.8 Å². The molecule has 0 radical (unpaired) electrons. The van der Waals surface area contributed by atoms with Crippen LogP contribution in [0.3, 0.4) is 0 Å².